The van der Waals surface area contributed by atoms with E-state index in [2.05, 4.69) is 13.5 Å². The summed E-state index contributed by atoms with van der Waals surface area (Å²) in [5, 5.41) is 0. The molecule has 1 atom stereocenters. The van der Waals surface area contributed by atoms with Crippen LogP contribution in [-0.2, 0) is 4.79 Å². The first-order valence-electron chi connectivity index (χ1n) is 6.98. The van der Waals surface area contributed by atoms with Crippen molar-refractivity contribution in [2.45, 2.75) is 59.0 Å². The third-order valence-corrected chi connectivity index (χ3v) is 3.21. The molecule has 3 heteroatoms. The summed E-state index contributed by atoms with van der Waals surface area (Å²) in [6.45, 7) is 12.1. The standard InChI is InChI=1S/C15H28FNO/c1-6-9-11-17(14(18)13(4)5)12-15(16,8-3)10-7-2/h7,13H,2,6,8-12H2,1,3-5H3. The predicted octanol–water partition coefficient (Wildman–Crippen LogP) is 3.97. The normalized spacial score (nSPS) is 14.3. The summed E-state index contributed by atoms with van der Waals surface area (Å²) >= 11 is 0. The summed E-state index contributed by atoms with van der Waals surface area (Å²) in [4.78, 5) is 13.8. The zero-order chi connectivity index (χ0) is 14.2. The van der Waals surface area contributed by atoms with Crippen LogP contribution in [-0.4, -0.2) is 29.6 Å². The van der Waals surface area contributed by atoms with Gasteiger partial charge in [-0.25, -0.2) is 4.39 Å². The number of amides is 1. The van der Waals surface area contributed by atoms with E-state index in [1.807, 2.05) is 20.8 Å². The molecule has 0 saturated heterocycles. The molecule has 0 aromatic carbocycles. The summed E-state index contributed by atoms with van der Waals surface area (Å²) in [5.74, 6) is -0.0327. The molecular weight excluding hydrogens is 229 g/mol. The van der Waals surface area contributed by atoms with Gasteiger partial charge in [-0.2, -0.15) is 0 Å². The Balaban J connectivity index is 4.74. The van der Waals surface area contributed by atoms with Crippen molar-refractivity contribution in [3.05, 3.63) is 12.7 Å². The van der Waals surface area contributed by atoms with E-state index in [1.54, 1.807) is 11.0 Å². The van der Waals surface area contributed by atoms with Gasteiger partial charge in [0.1, 0.15) is 5.67 Å². The molecule has 18 heavy (non-hydrogen) atoms. The van der Waals surface area contributed by atoms with E-state index >= 15 is 0 Å². The lowest BCUT2D eigenvalue weighted by Crippen LogP contribution is -2.44. The van der Waals surface area contributed by atoms with Gasteiger partial charge in [0.25, 0.3) is 0 Å². The van der Waals surface area contributed by atoms with E-state index in [1.165, 1.54) is 0 Å². The molecule has 0 bridgehead atoms. The number of carbonyl (C=O) groups excluding carboxylic acids is 1. The largest absolute Gasteiger partial charge is 0.339 e. The van der Waals surface area contributed by atoms with Crippen LogP contribution in [0.25, 0.3) is 0 Å². The van der Waals surface area contributed by atoms with E-state index in [-0.39, 0.29) is 18.4 Å². The monoisotopic (exact) mass is 257 g/mol. The fraction of sp³-hybridized carbons (Fsp3) is 0.800. The topological polar surface area (TPSA) is 20.3 Å². The van der Waals surface area contributed by atoms with Crippen LogP contribution in [0, 0.1) is 5.92 Å². The van der Waals surface area contributed by atoms with Gasteiger partial charge in [-0.3, -0.25) is 4.79 Å². The molecule has 0 aliphatic heterocycles. The molecule has 0 aliphatic carbocycles. The Hall–Kier alpha value is -0.860. The minimum Gasteiger partial charge on any atom is -0.339 e. The molecule has 1 amide bonds. The van der Waals surface area contributed by atoms with Crippen molar-refractivity contribution in [3.63, 3.8) is 0 Å². The number of carbonyl (C=O) groups is 1. The van der Waals surface area contributed by atoms with E-state index < -0.39 is 5.67 Å². The van der Waals surface area contributed by atoms with Gasteiger partial charge in [0.15, 0.2) is 0 Å². The summed E-state index contributed by atoms with van der Waals surface area (Å²) in [7, 11) is 0. The molecule has 0 aliphatic rings. The highest BCUT2D eigenvalue weighted by Crippen LogP contribution is 2.23. The summed E-state index contributed by atoms with van der Waals surface area (Å²) in [6.07, 6.45) is 4.24. The summed E-state index contributed by atoms with van der Waals surface area (Å²) in [6, 6.07) is 0. The molecule has 0 rings (SSSR count). The Bertz CT molecular complexity index is 265. The van der Waals surface area contributed by atoms with Crippen LogP contribution in [0.2, 0.25) is 0 Å². The molecular formula is C15H28FNO. The minimum absolute atomic E-state index is 0.0444. The first-order valence-corrected chi connectivity index (χ1v) is 6.98. The van der Waals surface area contributed by atoms with Crippen molar-refractivity contribution in [3.8, 4) is 0 Å². The van der Waals surface area contributed by atoms with Crippen LogP contribution in [0.4, 0.5) is 4.39 Å². The fourth-order valence-corrected chi connectivity index (χ4v) is 1.90. The average Bonchev–Trinajstić information content (AvgIpc) is 2.33. The van der Waals surface area contributed by atoms with E-state index in [4.69, 9.17) is 0 Å². The van der Waals surface area contributed by atoms with Crippen LogP contribution in [0.15, 0.2) is 12.7 Å². The number of halogens is 1. The zero-order valence-electron chi connectivity index (χ0n) is 12.3. The molecule has 2 nitrogen and oxygen atoms in total. The van der Waals surface area contributed by atoms with Gasteiger partial charge in [-0.15, -0.1) is 6.58 Å². The van der Waals surface area contributed by atoms with Gasteiger partial charge in [-0.1, -0.05) is 40.2 Å². The molecule has 0 radical (unpaired) electrons. The molecule has 0 fully saturated rings. The summed E-state index contributed by atoms with van der Waals surface area (Å²) in [5.41, 5.74) is -1.33. The third kappa shape index (κ3) is 5.65. The first kappa shape index (κ1) is 17.1. The van der Waals surface area contributed by atoms with Crippen molar-refractivity contribution in [2.24, 2.45) is 5.92 Å². The van der Waals surface area contributed by atoms with Crippen LogP contribution in [0.1, 0.15) is 53.4 Å². The number of hydrogen-bond acceptors (Lipinski definition) is 1. The number of rotatable bonds is 9. The highest BCUT2D eigenvalue weighted by atomic mass is 19.1. The minimum atomic E-state index is -1.33. The van der Waals surface area contributed by atoms with Crippen LogP contribution in [0.3, 0.4) is 0 Å². The van der Waals surface area contributed by atoms with E-state index in [0.717, 1.165) is 12.8 Å². The Kier molecular flexibility index (Phi) is 7.88. The third-order valence-electron chi connectivity index (χ3n) is 3.21. The quantitative estimate of drug-likeness (QED) is 0.572. The Morgan fingerprint density at radius 2 is 2.06 bits per heavy atom. The second-order valence-electron chi connectivity index (χ2n) is 5.27. The molecule has 0 aromatic heterocycles. The highest BCUT2D eigenvalue weighted by Gasteiger charge is 2.31. The molecule has 0 saturated carbocycles. The number of nitrogens with zero attached hydrogens (tertiary/aromatic N) is 1. The summed E-state index contributed by atoms with van der Waals surface area (Å²) < 4.78 is 14.6. The maximum Gasteiger partial charge on any atom is 0.225 e. The second-order valence-corrected chi connectivity index (χ2v) is 5.27. The van der Waals surface area contributed by atoms with Gasteiger partial charge in [0.2, 0.25) is 5.91 Å². The van der Waals surface area contributed by atoms with Crippen LogP contribution >= 0.6 is 0 Å². The molecule has 106 valence electrons. The Labute approximate surface area is 111 Å². The van der Waals surface area contributed by atoms with Gasteiger partial charge in [0.05, 0.1) is 6.54 Å². The fourth-order valence-electron chi connectivity index (χ4n) is 1.90. The van der Waals surface area contributed by atoms with Crippen molar-refractivity contribution >= 4 is 5.91 Å². The van der Waals surface area contributed by atoms with Crippen molar-refractivity contribution in [1.29, 1.82) is 0 Å². The highest BCUT2D eigenvalue weighted by molar-refractivity contribution is 5.78. The molecule has 0 N–H and O–H groups in total. The van der Waals surface area contributed by atoms with Gasteiger partial charge in [-0.05, 0) is 12.8 Å². The van der Waals surface area contributed by atoms with E-state index in [9.17, 15) is 9.18 Å². The molecule has 0 spiro atoms. The maximum atomic E-state index is 14.6. The Morgan fingerprint density at radius 3 is 2.44 bits per heavy atom. The van der Waals surface area contributed by atoms with Crippen LogP contribution < -0.4 is 0 Å². The van der Waals surface area contributed by atoms with Crippen LogP contribution in [0.5, 0.6) is 0 Å². The number of allylic oxidation sites excluding steroid dienone is 1. The van der Waals surface area contributed by atoms with Gasteiger partial charge < -0.3 is 4.90 Å². The van der Waals surface area contributed by atoms with Gasteiger partial charge >= 0.3 is 0 Å². The smallest absolute Gasteiger partial charge is 0.225 e. The predicted molar refractivity (Wildman–Crippen MR) is 75.3 cm³/mol. The SMILES string of the molecule is C=CCC(F)(CC)CN(CCCC)C(=O)C(C)C. The second kappa shape index (κ2) is 8.28. The van der Waals surface area contributed by atoms with E-state index in [0.29, 0.717) is 19.4 Å². The lowest BCUT2D eigenvalue weighted by atomic mass is 9.97. The van der Waals surface area contributed by atoms with Gasteiger partial charge in [0, 0.05) is 18.9 Å². The molecule has 0 heterocycles. The number of alkyl halides is 1. The maximum absolute atomic E-state index is 14.6. The molecule has 0 aromatic rings. The first-order chi connectivity index (χ1) is 8.40. The average molecular weight is 257 g/mol. The number of hydrogen-bond donors (Lipinski definition) is 0. The molecule has 1 unspecified atom stereocenters. The number of unbranched alkanes of at least 4 members (excludes halogenated alkanes) is 1. The lowest BCUT2D eigenvalue weighted by molar-refractivity contribution is -0.136. The van der Waals surface area contributed by atoms with Crippen molar-refractivity contribution in [1.82, 2.24) is 4.90 Å². The zero-order valence-corrected chi connectivity index (χ0v) is 12.3. The van der Waals surface area contributed by atoms with Crippen molar-refractivity contribution < 1.29 is 9.18 Å². The Morgan fingerprint density at radius 1 is 1.44 bits per heavy atom. The van der Waals surface area contributed by atoms with Crippen molar-refractivity contribution in [2.75, 3.05) is 13.1 Å². The lowest BCUT2D eigenvalue weighted by Gasteiger charge is -2.32.